The molecule has 1 saturated carbocycles. The largest absolute Gasteiger partial charge is 0.367 e. The second kappa shape index (κ2) is 7.04. The van der Waals surface area contributed by atoms with Crippen LogP contribution in [0.2, 0.25) is 0 Å². The van der Waals surface area contributed by atoms with Gasteiger partial charge in [0.25, 0.3) is 0 Å². The van der Waals surface area contributed by atoms with Gasteiger partial charge in [0.2, 0.25) is 11.9 Å². The first-order valence-corrected chi connectivity index (χ1v) is 8.83. The summed E-state index contributed by atoms with van der Waals surface area (Å²) in [6.45, 7) is 3.55. The van der Waals surface area contributed by atoms with Crippen LogP contribution in [-0.4, -0.2) is 47.0 Å². The zero-order valence-corrected chi connectivity index (χ0v) is 14.1. The predicted molar refractivity (Wildman–Crippen MR) is 96.7 cm³/mol. The maximum absolute atomic E-state index is 12.0. The Morgan fingerprint density at radius 1 is 1.00 bits per heavy atom. The fraction of sp³-hybridized carbons (Fsp3) is 0.444. The first-order chi connectivity index (χ1) is 12.3. The summed E-state index contributed by atoms with van der Waals surface area (Å²) in [7, 11) is 0. The summed E-state index contributed by atoms with van der Waals surface area (Å²) in [5, 5.41) is 2.91. The third-order valence-electron chi connectivity index (χ3n) is 4.95. The van der Waals surface area contributed by atoms with Crippen LogP contribution in [0.4, 0.5) is 17.5 Å². The number of carbonyl (C=O) groups excluding carboxylic acids is 1. The molecule has 0 radical (unpaired) electrons. The number of rotatable bonds is 4. The fourth-order valence-corrected chi connectivity index (χ4v) is 3.16. The minimum Gasteiger partial charge on any atom is -0.367 e. The van der Waals surface area contributed by atoms with Gasteiger partial charge in [0.1, 0.15) is 5.82 Å². The number of piperazine rings is 1. The predicted octanol–water partition coefficient (Wildman–Crippen LogP) is 1.94. The number of carbonyl (C=O) groups is 1. The van der Waals surface area contributed by atoms with Crippen LogP contribution in [0, 0.1) is 5.92 Å². The van der Waals surface area contributed by atoms with Crippen molar-refractivity contribution in [3.05, 3.63) is 36.8 Å². The van der Waals surface area contributed by atoms with Crippen molar-refractivity contribution in [3.8, 4) is 0 Å². The average molecular weight is 338 g/mol. The summed E-state index contributed by atoms with van der Waals surface area (Å²) < 4.78 is 0. The van der Waals surface area contributed by atoms with Crippen LogP contribution in [0.1, 0.15) is 19.3 Å². The normalized spacial score (nSPS) is 17.9. The summed E-state index contributed by atoms with van der Waals surface area (Å²) in [6.07, 6.45) is 8.54. The molecule has 1 N–H and O–H groups in total. The van der Waals surface area contributed by atoms with Gasteiger partial charge < -0.3 is 15.1 Å². The number of hydrogen-bond donors (Lipinski definition) is 1. The highest BCUT2D eigenvalue weighted by atomic mass is 16.2. The number of hydrogen-bond acceptors (Lipinski definition) is 6. The number of pyridine rings is 1. The number of anilines is 3. The van der Waals surface area contributed by atoms with Crippen molar-refractivity contribution in [2.45, 2.75) is 19.3 Å². The van der Waals surface area contributed by atoms with Crippen molar-refractivity contribution in [2.24, 2.45) is 5.92 Å². The topological polar surface area (TPSA) is 74.2 Å². The first kappa shape index (κ1) is 15.8. The van der Waals surface area contributed by atoms with Crippen LogP contribution < -0.4 is 15.1 Å². The SMILES string of the molecule is O=C(Nc1ccc(N2CCN(c3ncccn3)CC2)cn1)C1CCC1. The molecule has 2 aliphatic rings. The molecule has 25 heavy (non-hydrogen) atoms. The van der Waals surface area contributed by atoms with Gasteiger partial charge in [-0.2, -0.15) is 0 Å². The van der Waals surface area contributed by atoms with E-state index in [9.17, 15) is 4.79 Å². The Morgan fingerprint density at radius 2 is 1.72 bits per heavy atom. The molecule has 1 amide bonds. The second-order valence-electron chi connectivity index (χ2n) is 6.54. The third-order valence-corrected chi connectivity index (χ3v) is 4.95. The molecule has 2 aromatic rings. The Bertz CT molecular complexity index is 708. The lowest BCUT2D eigenvalue weighted by Gasteiger charge is -2.35. The average Bonchev–Trinajstić information content (AvgIpc) is 2.62. The van der Waals surface area contributed by atoms with E-state index in [4.69, 9.17) is 0 Å². The monoisotopic (exact) mass is 338 g/mol. The molecule has 2 fully saturated rings. The highest BCUT2D eigenvalue weighted by Crippen LogP contribution is 2.27. The standard InChI is InChI=1S/C18H22N6O/c25-17(14-3-1-4-14)22-16-6-5-15(13-21-16)23-9-11-24(12-10-23)18-19-7-2-8-20-18/h2,5-8,13-14H,1,3-4,9-12H2,(H,21,22,25). The summed E-state index contributed by atoms with van der Waals surface area (Å²) in [6, 6.07) is 5.74. The summed E-state index contributed by atoms with van der Waals surface area (Å²) in [4.78, 5) is 29.5. The Morgan fingerprint density at radius 3 is 2.32 bits per heavy atom. The first-order valence-electron chi connectivity index (χ1n) is 8.83. The van der Waals surface area contributed by atoms with E-state index >= 15 is 0 Å². The van der Waals surface area contributed by atoms with E-state index in [1.54, 1.807) is 12.4 Å². The van der Waals surface area contributed by atoms with Crippen molar-refractivity contribution in [3.63, 3.8) is 0 Å². The van der Waals surface area contributed by atoms with Crippen LogP contribution in [0.3, 0.4) is 0 Å². The smallest absolute Gasteiger partial charge is 0.228 e. The molecule has 2 aromatic heterocycles. The third kappa shape index (κ3) is 3.55. The van der Waals surface area contributed by atoms with Gasteiger partial charge in [-0.25, -0.2) is 15.0 Å². The molecule has 3 heterocycles. The lowest BCUT2D eigenvalue weighted by atomic mass is 9.85. The zero-order chi connectivity index (χ0) is 17.1. The number of nitrogens with zero attached hydrogens (tertiary/aromatic N) is 5. The van der Waals surface area contributed by atoms with Gasteiger partial charge >= 0.3 is 0 Å². The lowest BCUT2D eigenvalue weighted by Crippen LogP contribution is -2.47. The van der Waals surface area contributed by atoms with Gasteiger partial charge in [0.05, 0.1) is 11.9 Å². The van der Waals surface area contributed by atoms with Gasteiger partial charge in [-0.15, -0.1) is 0 Å². The number of amides is 1. The molecule has 1 aliphatic carbocycles. The van der Waals surface area contributed by atoms with Gasteiger partial charge in [-0.05, 0) is 31.0 Å². The number of nitrogens with one attached hydrogen (secondary N) is 1. The van der Waals surface area contributed by atoms with E-state index in [0.717, 1.165) is 57.1 Å². The molecule has 0 aromatic carbocycles. The summed E-state index contributed by atoms with van der Waals surface area (Å²) in [5.74, 6) is 1.70. The van der Waals surface area contributed by atoms with E-state index in [1.807, 2.05) is 24.4 Å². The van der Waals surface area contributed by atoms with Gasteiger partial charge in [-0.3, -0.25) is 4.79 Å². The van der Waals surface area contributed by atoms with E-state index in [1.165, 1.54) is 0 Å². The van der Waals surface area contributed by atoms with Crippen molar-refractivity contribution in [1.82, 2.24) is 15.0 Å². The van der Waals surface area contributed by atoms with Crippen LogP contribution in [0.15, 0.2) is 36.8 Å². The maximum atomic E-state index is 12.0. The highest BCUT2D eigenvalue weighted by molar-refractivity contribution is 5.92. The van der Waals surface area contributed by atoms with Crippen molar-refractivity contribution in [2.75, 3.05) is 41.3 Å². The van der Waals surface area contributed by atoms with E-state index in [-0.39, 0.29) is 11.8 Å². The van der Waals surface area contributed by atoms with E-state index in [0.29, 0.717) is 5.82 Å². The molecule has 4 rings (SSSR count). The summed E-state index contributed by atoms with van der Waals surface area (Å²) >= 11 is 0. The zero-order valence-electron chi connectivity index (χ0n) is 14.1. The van der Waals surface area contributed by atoms with Crippen LogP contribution in [0.5, 0.6) is 0 Å². The van der Waals surface area contributed by atoms with Crippen LogP contribution >= 0.6 is 0 Å². The lowest BCUT2D eigenvalue weighted by molar-refractivity contribution is -0.122. The Hall–Kier alpha value is -2.70. The summed E-state index contributed by atoms with van der Waals surface area (Å²) in [5.41, 5.74) is 1.08. The van der Waals surface area contributed by atoms with E-state index in [2.05, 4.69) is 30.1 Å². The quantitative estimate of drug-likeness (QED) is 0.918. The molecule has 0 spiro atoms. The van der Waals surface area contributed by atoms with Crippen LogP contribution in [-0.2, 0) is 4.79 Å². The molecule has 0 unspecified atom stereocenters. The molecule has 0 bridgehead atoms. The Balaban J connectivity index is 1.33. The number of aromatic nitrogens is 3. The molecule has 0 atom stereocenters. The molecule has 7 heteroatoms. The molecule has 1 aliphatic heterocycles. The minimum absolute atomic E-state index is 0.1000. The molecule has 130 valence electrons. The van der Waals surface area contributed by atoms with Gasteiger partial charge in [0.15, 0.2) is 0 Å². The minimum atomic E-state index is 0.1000. The van der Waals surface area contributed by atoms with Crippen molar-refractivity contribution in [1.29, 1.82) is 0 Å². The van der Waals surface area contributed by atoms with Gasteiger partial charge in [0, 0.05) is 44.5 Å². The molecule has 1 saturated heterocycles. The van der Waals surface area contributed by atoms with Crippen LogP contribution in [0.25, 0.3) is 0 Å². The van der Waals surface area contributed by atoms with E-state index < -0.39 is 0 Å². The molecular weight excluding hydrogens is 316 g/mol. The fourth-order valence-electron chi connectivity index (χ4n) is 3.16. The molecule has 7 nitrogen and oxygen atoms in total. The van der Waals surface area contributed by atoms with Crippen molar-refractivity contribution >= 4 is 23.4 Å². The highest BCUT2D eigenvalue weighted by Gasteiger charge is 2.25. The molecular formula is C18H22N6O. The maximum Gasteiger partial charge on any atom is 0.228 e. The Labute approximate surface area is 147 Å². The van der Waals surface area contributed by atoms with Gasteiger partial charge in [-0.1, -0.05) is 6.42 Å². The second-order valence-corrected chi connectivity index (χ2v) is 6.54. The Kier molecular flexibility index (Phi) is 4.45. The van der Waals surface area contributed by atoms with Crippen molar-refractivity contribution < 1.29 is 4.79 Å².